The Morgan fingerprint density at radius 1 is 1.16 bits per heavy atom. The number of nitrogen functional groups attached to an aromatic ring is 1. The lowest BCUT2D eigenvalue weighted by Gasteiger charge is -2.33. The van der Waals surface area contributed by atoms with E-state index in [4.69, 9.17) is 39.1 Å². The van der Waals surface area contributed by atoms with Gasteiger partial charge in [-0.3, -0.25) is 14.9 Å². The van der Waals surface area contributed by atoms with Crippen molar-refractivity contribution in [3.63, 3.8) is 0 Å². The van der Waals surface area contributed by atoms with Gasteiger partial charge < -0.3 is 31.7 Å². The first-order valence-corrected chi connectivity index (χ1v) is 12.3. The number of hydrogen-bond acceptors (Lipinski definition) is 10. The predicted molar refractivity (Wildman–Crippen MR) is 147 cm³/mol. The number of halogens is 2. The number of anilines is 5. The summed E-state index contributed by atoms with van der Waals surface area (Å²) < 4.78 is 0. The van der Waals surface area contributed by atoms with E-state index in [-0.39, 0.29) is 28.7 Å². The number of likely N-dealkylation sites (N-methyl/N-ethyl adjacent to an activating group) is 1. The maximum absolute atomic E-state index is 12.8. The van der Waals surface area contributed by atoms with Crippen molar-refractivity contribution < 1.29 is 10.0 Å². The SMILES string of the molecule is CC(CNc1ccc(N([O-])O)c(N)n1)Nc1ccc(N2CCN(C)CC2=O)c(-c2ccc(Cl)cc2Cl)n1. The lowest BCUT2D eigenvalue weighted by molar-refractivity contribution is -0.120. The second kappa shape index (κ2) is 11.4. The monoisotopic (exact) mass is 545 g/mol. The summed E-state index contributed by atoms with van der Waals surface area (Å²) in [6.07, 6.45) is 0. The van der Waals surface area contributed by atoms with Crippen LogP contribution in [0.4, 0.5) is 28.8 Å². The van der Waals surface area contributed by atoms with Gasteiger partial charge in [0.2, 0.25) is 5.91 Å². The molecule has 0 saturated carbocycles. The van der Waals surface area contributed by atoms with E-state index in [1.165, 1.54) is 6.07 Å². The van der Waals surface area contributed by atoms with Crippen LogP contribution in [0, 0.1) is 5.21 Å². The van der Waals surface area contributed by atoms with Gasteiger partial charge in [0.05, 0.1) is 28.6 Å². The Morgan fingerprint density at radius 2 is 1.92 bits per heavy atom. The van der Waals surface area contributed by atoms with Gasteiger partial charge in [0.15, 0.2) is 5.82 Å². The van der Waals surface area contributed by atoms with Gasteiger partial charge in [0.1, 0.15) is 11.6 Å². The van der Waals surface area contributed by atoms with Crippen LogP contribution in [0.3, 0.4) is 0 Å². The number of benzene rings is 1. The van der Waals surface area contributed by atoms with Crippen molar-refractivity contribution in [1.82, 2.24) is 14.9 Å². The van der Waals surface area contributed by atoms with Crippen LogP contribution in [0.1, 0.15) is 6.92 Å². The Labute approximate surface area is 224 Å². The molecule has 1 unspecified atom stereocenters. The van der Waals surface area contributed by atoms with E-state index in [1.54, 1.807) is 29.2 Å². The molecule has 1 atom stereocenters. The van der Waals surface area contributed by atoms with E-state index < -0.39 is 0 Å². The molecule has 1 aliphatic rings. The van der Waals surface area contributed by atoms with Crippen molar-refractivity contribution in [2.24, 2.45) is 0 Å². The van der Waals surface area contributed by atoms with E-state index in [2.05, 4.69) is 15.6 Å². The highest BCUT2D eigenvalue weighted by Crippen LogP contribution is 2.37. The summed E-state index contributed by atoms with van der Waals surface area (Å²) >= 11 is 12.6. The molecule has 1 saturated heterocycles. The van der Waals surface area contributed by atoms with Crippen molar-refractivity contribution in [3.05, 3.63) is 57.7 Å². The molecule has 0 aliphatic carbocycles. The molecule has 4 rings (SSSR count). The van der Waals surface area contributed by atoms with E-state index in [9.17, 15) is 10.0 Å². The average molecular weight is 546 g/mol. The lowest BCUT2D eigenvalue weighted by Crippen LogP contribution is -2.49. The highest BCUT2D eigenvalue weighted by Gasteiger charge is 2.26. The first-order valence-electron chi connectivity index (χ1n) is 11.5. The quantitative estimate of drug-likeness (QED) is 0.307. The molecule has 5 N–H and O–H groups in total. The molecule has 37 heavy (non-hydrogen) atoms. The topological polar surface area (TPSA) is 146 Å². The fourth-order valence-electron chi connectivity index (χ4n) is 3.96. The summed E-state index contributed by atoms with van der Waals surface area (Å²) in [4.78, 5) is 25.4. The van der Waals surface area contributed by atoms with Gasteiger partial charge in [0.25, 0.3) is 0 Å². The molecule has 1 amide bonds. The molecule has 1 aliphatic heterocycles. The highest BCUT2D eigenvalue weighted by atomic mass is 35.5. The Bertz CT molecular complexity index is 1290. The number of amides is 1. The molecular formula is C24H27Cl2N8O3-. The average Bonchev–Trinajstić information content (AvgIpc) is 2.83. The standard InChI is InChI=1S/C24H27Cl2N8O3/c1-14(12-28-20-7-6-19(34(36)37)24(27)31-20)29-21-8-5-18(33-10-9-32(2)13-22(33)35)23(30-21)16-4-3-15(25)11-17(16)26/h3-8,11,14,36H,9-10,12-13H2,1-2H3,(H,29,30)(H3,27,28,31)/q-1. The van der Waals surface area contributed by atoms with Gasteiger partial charge in [-0.2, -0.15) is 0 Å². The van der Waals surface area contributed by atoms with Crippen LogP contribution in [0.5, 0.6) is 0 Å². The number of nitrogens with one attached hydrogen (secondary N) is 2. The smallest absolute Gasteiger partial charge is 0.241 e. The first kappa shape index (κ1) is 26.7. The van der Waals surface area contributed by atoms with E-state index >= 15 is 0 Å². The third-order valence-corrected chi connectivity index (χ3v) is 6.40. The predicted octanol–water partition coefficient (Wildman–Crippen LogP) is 3.92. The van der Waals surface area contributed by atoms with E-state index in [1.807, 2.05) is 31.0 Å². The number of carbonyl (C=O) groups is 1. The molecule has 0 spiro atoms. The largest absolute Gasteiger partial charge is 0.733 e. The summed E-state index contributed by atoms with van der Waals surface area (Å²) in [6.45, 7) is 4.00. The molecule has 0 bridgehead atoms. The molecule has 1 fully saturated rings. The van der Waals surface area contributed by atoms with E-state index in [0.29, 0.717) is 58.3 Å². The van der Waals surface area contributed by atoms with Crippen LogP contribution in [0.2, 0.25) is 10.0 Å². The molecular weight excluding hydrogens is 519 g/mol. The number of nitrogens with two attached hydrogens (primary N) is 1. The maximum Gasteiger partial charge on any atom is 0.241 e. The van der Waals surface area contributed by atoms with Crippen molar-refractivity contribution in [1.29, 1.82) is 0 Å². The minimum Gasteiger partial charge on any atom is -0.733 e. The maximum atomic E-state index is 12.8. The molecule has 13 heteroatoms. The zero-order chi connectivity index (χ0) is 26.7. The minimum atomic E-state index is -0.328. The molecule has 196 valence electrons. The third kappa shape index (κ3) is 6.32. The zero-order valence-electron chi connectivity index (χ0n) is 20.3. The highest BCUT2D eigenvalue weighted by molar-refractivity contribution is 6.36. The van der Waals surface area contributed by atoms with Gasteiger partial charge >= 0.3 is 0 Å². The number of hydrogen-bond donors (Lipinski definition) is 4. The Hall–Kier alpha value is -3.35. The van der Waals surface area contributed by atoms with Crippen LogP contribution in [0.15, 0.2) is 42.5 Å². The number of piperazine rings is 1. The molecule has 0 radical (unpaired) electrons. The number of carbonyl (C=O) groups excluding carboxylic acids is 1. The first-order chi connectivity index (χ1) is 17.6. The van der Waals surface area contributed by atoms with Gasteiger partial charge in [-0.05, 0) is 56.4 Å². The number of pyridine rings is 2. The van der Waals surface area contributed by atoms with E-state index in [0.717, 1.165) is 6.54 Å². The fraction of sp³-hybridized carbons (Fsp3) is 0.292. The summed E-state index contributed by atoms with van der Waals surface area (Å²) in [5.41, 5.74) is 7.49. The second-order valence-electron chi connectivity index (χ2n) is 8.77. The normalized spacial score (nSPS) is 15.0. The minimum absolute atomic E-state index is 0.0146. The fourth-order valence-corrected chi connectivity index (χ4v) is 4.46. The van der Waals surface area contributed by atoms with Crippen molar-refractivity contribution in [2.45, 2.75) is 13.0 Å². The molecule has 1 aromatic carbocycles. The molecule has 2 aromatic heterocycles. The molecule has 3 aromatic rings. The summed E-state index contributed by atoms with van der Waals surface area (Å²) in [6, 6.07) is 11.7. The van der Waals surface area contributed by atoms with Gasteiger partial charge in [-0.25, -0.2) is 9.97 Å². The lowest BCUT2D eigenvalue weighted by atomic mass is 10.1. The number of rotatable bonds is 8. The molecule has 11 nitrogen and oxygen atoms in total. The Morgan fingerprint density at radius 3 is 2.59 bits per heavy atom. The van der Waals surface area contributed by atoms with Crippen LogP contribution >= 0.6 is 23.2 Å². The summed E-state index contributed by atoms with van der Waals surface area (Å²) in [5, 5.41) is 27.1. The third-order valence-electron chi connectivity index (χ3n) is 5.85. The Balaban J connectivity index is 1.55. The van der Waals surface area contributed by atoms with Crippen LogP contribution in [0.25, 0.3) is 11.3 Å². The van der Waals surface area contributed by atoms with Crippen LogP contribution in [-0.4, -0.2) is 65.3 Å². The Kier molecular flexibility index (Phi) is 8.20. The van der Waals surface area contributed by atoms with Crippen LogP contribution < -0.4 is 26.5 Å². The van der Waals surface area contributed by atoms with Crippen molar-refractivity contribution in [3.8, 4) is 11.3 Å². The van der Waals surface area contributed by atoms with Crippen molar-refractivity contribution >= 4 is 57.9 Å². The van der Waals surface area contributed by atoms with Gasteiger partial charge in [-0.15, -0.1) is 0 Å². The number of nitrogens with zero attached hydrogens (tertiary/aromatic N) is 5. The van der Waals surface area contributed by atoms with Gasteiger partial charge in [-0.1, -0.05) is 23.2 Å². The number of aromatic nitrogens is 2. The van der Waals surface area contributed by atoms with Crippen LogP contribution in [-0.2, 0) is 4.79 Å². The summed E-state index contributed by atoms with van der Waals surface area (Å²) in [5.74, 6) is 0.926. The molecule has 3 heterocycles. The van der Waals surface area contributed by atoms with Crippen molar-refractivity contribution in [2.75, 3.05) is 59.7 Å². The zero-order valence-corrected chi connectivity index (χ0v) is 21.8. The summed E-state index contributed by atoms with van der Waals surface area (Å²) in [7, 11) is 1.91. The second-order valence-corrected chi connectivity index (χ2v) is 9.62. The van der Waals surface area contributed by atoms with Gasteiger partial charge in [0, 0.05) is 36.3 Å².